The van der Waals surface area contributed by atoms with E-state index in [1.165, 1.54) is 17.9 Å². The molecule has 2 fully saturated rings. The highest BCUT2D eigenvalue weighted by Gasteiger charge is 2.41. The van der Waals surface area contributed by atoms with Crippen LogP contribution in [0.25, 0.3) is 0 Å². The van der Waals surface area contributed by atoms with Crippen molar-refractivity contribution in [3.05, 3.63) is 0 Å². The molecule has 1 unspecified atom stereocenters. The maximum atomic E-state index is 3.78. The molecule has 0 radical (unpaired) electrons. The smallest absolute Gasteiger partial charge is 0.0410 e. The Bertz CT molecular complexity index is 173. The molecule has 0 aromatic rings. The molecule has 0 aromatic heterocycles. The molecule has 1 spiro atoms. The molecule has 2 aliphatic rings. The molecule has 3 heteroatoms. The van der Waals surface area contributed by atoms with Gasteiger partial charge in [0.15, 0.2) is 0 Å². The molecule has 0 aliphatic carbocycles. The first-order valence-electron chi connectivity index (χ1n) is 4.70. The van der Waals surface area contributed by atoms with Crippen molar-refractivity contribution in [2.75, 3.05) is 24.6 Å². The zero-order chi connectivity index (χ0) is 8.66. The van der Waals surface area contributed by atoms with Crippen LogP contribution in [-0.4, -0.2) is 35.7 Å². The Morgan fingerprint density at radius 1 is 1.25 bits per heavy atom. The van der Waals surface area contributed by atoms with Gasteiger partial charge in [0, 0.05) is 29.9 Å². The zero-order valence-electron chi connectivity index (χ0n) is 7.94. The van der Waals surface area contributed by atoms with Gasteiger partial charge in [0.2, 0.25) is 0 Å². The molecule has 12 heavy (non-hydrogen) atoms. The molecule has 0 saturated carbocycles. The SMILES string of the molecule is CC1(C)CNCC2(CCSC2)N1. The lowest BCUT2D eigenvalue weighted by atomic mass is 9.89. The van der Waals surface area contributed by atoms with Crippen LogP contribution in [0.15, 0.2) is 0 Å². The molecule has 2 aliphatic heterocycles. The summed E-state index contributed by atoms with van der Waals surface area (Å²) in [5, 5.41) is 7.32. The zero-order valence-corrected chi connectivity index (χ0v) is 8.76. The first-order valence-corrected chi connectivity index (χ1v) is 5.85. The van der Waals surface area contributed by atoms with Gasteiger partial charge in [-0.15, -0.1) is 0 Å². The van der Waals surface area contributed by atoms with Gasteiger partial charge in [-0.1, -0.05) is 0 Å². The number of hydrogen-bond acceptors (Lipinski definition) is 3. The molecule has 1 atom stereocenters. The van der Waals surface area contributed by atoms with E-state index in [0.717, 1.165) is 13.1 Å². The predicted octanol–water partition coefficient (Wildman–Crippen LogP) is 0.833. The quantitative estimate of drug-likeness (QED) is 0.586. The van der Waals surface area contributed by atoms with E-state index >= 15 is 0 Å². The van der Waals surface area contributed by atoms with Crippen molar-refractivity contribution < 1.29 is 0 Å². The molecular weight excluding hydrogens is 168 g/mol. The molecular formula is C9H18N2S. The maximum absolute atomic E-state index is 3.78. The summed E-state index contributed by atoms with van der Waals surface area (Å²) in [5.41, 5.74) is 0.690. The van der Waals surface area contributed by atoms with Gasteiger partial charge in [-0.25, -0.2) is 0 Å². The molecule has 70 valence electrons. The van der Waals surface area contributed by atoms with Gasteiger partial charge in [0.1, 0.15) is 0 Å². The fourth-order valence-electron chi connectivity index (χ4n) is 2.27. The average Bonchev–Trinajstić information content (AvgIpc) is 2.34. The van der Waals surface area contributed by atoms with Gasteiger partial charge in [0.05, 0.1) is 0 Å². The maximum Gasteiger partial charge on any atom is 0.0410 e. The Labute approximate surface area is 78.9 Å². The highest BCUT2D eigenvalue weighted by molar-refractivity contribution is 7.99. The van der Waals surface area contributed by atoms with Gasteiger partial charge in [-0.2, -0.15) is 11.8 Å². The van der Waals surface area contributed by atoms with E-state index in [1.807, 2.05) is 0 Å². The summed E-state index contributed by atoms with van der Waals surface area (Å²) in [6.07, 6.45) is 1.33. The summed E-state index contributed by atoms with van der Waals surface area (Å²) in [4.78, 5) is 0. The average molecular weight is 186 g/mol. The summed E-state index contributed by atoms with van der Waals surface area (Å²) in [5.74, 6) is 2.61. The second-order valence-corrected chi connectivity index (χ2v) is 5.80. The third kappa shape index (κ3) is 1.63. The molecule has 0 amide bonds. The van der Waals surface area contributed by atoms with Gasteiger partial charge >= 0.3 is 0 Å². The van der Waals surface area contributed by atoms with Crippen molar-refractivity contribution in [1.82, 2.24) is 10.6 Å². The normalized spacial score (nSPS) is 40.5. The third-order valence-electron chi connectivity index (χ3n) is 2.74. The summed E-state index contributed by atoms with van der Waals surface area (Å²) < 4.78 is 0. The molecule has 2 N–H and O–H groups in total. The van der Waals surface area contributed by atoms with Crippen LogP contribution in [0.5, 0.6) is 0 Å². The third-order valence-corrected chi connectivity index (χ3v) is 3.99. The van der Waals surface area contributed by atoms with Crippen molar-refractivity contribution in [2.24, 2.45) is 0 Å². The second-order valence-electron chi connectivity index (χ2n) is 4.70. The topological polar surface area (TPSA) is 24.1 Å². The Morgan fingerprint density at radius 2 is 2.08 bits per heavy atom. The van der Waals surface area contributed by atoms with Crippen molar-refractivity contribution in [3.63, 3.8) is 0 Å². The number of rotatable bonds is 0. The van der Waals surface area contributed by atoms with Crippen LogP contribution >= 0.6 is 11.8 Å². The van der Waals surface area contributed by atoms with Crippen LogP contribution in [0.2, 0.25) is 0 Å². The number of hydrogen-bond donors (Lipinski definition) is 2. The second kappa shape index (κ2) is 2.89. The van der Waals surface area contributed by atoms with E-state index in [-0.39, 0.29) is 5.54 Å². The fraction of sp³-hybridized carbons (Fsp3) is 1.00. The summed E-state index contributed by atoms with van der Waals surface area (Å²) in [6, 6.07) is 0. The highest BCUT2D eigenvalue weighted by Crippen LogP contribution is 2.31. The molecule has 2 rings (SSSR count). The van der Waals surface area contributed by atoms with Gasteiger partial charge in [0.25, 0.3) is 0 Å². The van der Waals surface area contributed by atoms with E-state index in [4.69, 9.17) is 0 Å². The van der Waals surface area contributed by atoms with Crippen LogP contribution in [0.1, 0.15) is 20.3 Å². The van der Waals surface area contributed by atoms with Crippen molar-refractivity contribution in [2.45, 2.75) is 31.3 Å². The monoisotopic (exact) mass is 186 g/mol. The van der Waals surface area contributed by atoms with Crippen LogP contribution in [0.3, 0.4) is 0 Å². The lowest BCUT2D eigenvalue weighted by Gasteiger charge is -2.44. The number of piperazine rings is 1. The molecule has 2 nitrogen and oxygen atoms in total. The van der Waals surface area contributed by atoms with Crippen molar-refractivity contribution in [1.29, 1.82) is 0 Å². The van der Waals surface area contributed by atoms with Crippen molar-refractivity contribution >= 4 is 11.8 Å². The lowest BCUT2D eigenvalue weighted by molar-refractivity contribution is 0.191. The van der Waals surface area contributed by atoms with Crippen LogP contribution < -0.4 is 10.6 Å². The standard InChI is InChI=1S/C9H18N2S/c1-8(2)5-10-6-9(11-8)3-4-12-7-9/h10-11H,3-7H2,1-2H3. The van der Waals surface area contributed by atoms with E-state index in [0.29, 0.717) is 5.54 Å². The van der Waals surface area contributed by atoms with E-state index < -0.39 is 0 Å². The number of nitrogens with one attached hydrogen (secondary N) is 2. The van der Waals surface area contributed by atoms with E-state index in [2.05, 4.69) is 36.2 Å². The van der Waals surface area contributed by atoms with Crippen LogP contribution in [-0.2, 0) is 0 Å². The van der Waals surface area contributed by atoms with E-state index in [1.54, 1.807) is 0 Å². The molecule has 2 heterocycles. The van der Waals surface area contributed by atoms with E-state index in [9.17, 15) is 0 Å². The molecule has 0 bridgehead atoms. The fourth-order valence-corrected chi connectivity index (χ4v) is 3.65. The Balaban J connectivity index is 2.07. The van der Waals surface area contributed by atoms with Crippen molar-refractivity contribution in [3.8, 4) is 0 Å². The van der Waals surface area contributed by atoms with Gasteiger partial charge in [-0.05, 0) is 26.0 Å². The van der Waals surface area contributed by atoms with Crippen LogP contribution in [0.4, 0.5) is 0 Å². The predicted molar refractivity (Wildman–Crippen MR) is 54.8 cm³/mol. The summed E-state index contributed by atoms with van der Waals surface area (Å²) in [7, 11) is 0. The Kier molecular flexibility index (Phi) is 2.13. The minimum atomic E-state index is 0.281. The minimum Gasteiger partial charge on any atom is -0.313 e. The summed E-state index contributed by atoms with van der Waals surface area (Å²) in [6.45, 7) is 6.82. The first-order chi connectivity index (χ1) is 5.62. The molecule has 2 saturated heterocycles. The lowest BCUT2D eigenvalue weighted by Crippen LogP contribution is -2.68. The highest BCUT2D eigenvalue weighted by atomic mass is 32.2. The molecule has 0 aromatic carbocycles. The number of thioether (sulfide) groups is 1. The Hall–Kier alpha value is 0.270. The minimum absolute atomic E-state index is 0.281. The van der Waals surface area contributed by atoms with Gasteiger partial charge < -0.3 is 10.6 Å². The van der Waals surface area contributed by atoms with Crippen LogP contribution in [0, 0.1) is 0 Å². The van der Waals surface area contributed by atoms with Gasteiger partial charge in [-0.3, -0.25) is 0 Å². The first kappa shape index (κ1) is 8.85. The largest absolute Gasteiger partial charge is 0.313 e. The summed E-state index contributed by atoms with van der Waals surface area (Å²) >= 11 is 2.08. The Morgan fingerprint density at radius 3 is 2.67 bits per heavy atom.